The SMILES string of the molecule is CC(=O)N1CCc2c(c(Br)nn2C2COC2)C1. The smallest absolute Gasteiger partial charge is 0.219 e. The molecule has 0 spiro atoms. The number of ether oxygens (including phenoxy) is 1. The van der Waals surface area contributed by atoms with E-state index in [1.165, 1.54) is 5.69 Å². The molecule has 17 heavy (non-hydrogen) atoms. The summed E-state index contributed by atoms with van der Waals surface area (Å²) < 4.78 is 8.14. The molecule has 1 amide bonds. The Bertz CT molecular complexity index is 468. The number of hydrogen-bond donors (Lipinski definition) is 0. The van der Waals surface area contributed by atoms with Gasteiger partial charge in [0.25, 0.3) is 0 Å². The van der Waals surface area contributed by atoms with E-state index in [1.807, 2.05) is 4.90 Å². The van der Waals surface area contributed by atoms with Crippen LogP contribution in [0.4, 0.5) is 0 Å². The Labute approximate surface area is 108 Å². The molecule has 3 heterocycles. The van der Waals surface area contributed by atoms with Crippen molar-refractivity contribution in [1.29, 1.82) is 0 Å². The molecule has 0 atom stereocenters. The van der Waals surface area contributed by atoms with E-state index in [0.29, 0.717) is 12.6 Å². The van der Waals surface area contributed by atoms with E-state index in [-0.39, 0.29) is 5.91 Å². The van der Waals surface area contributed by atoms with Gasteiger partial charge in [-0.15, -0.1) is 0 Å². The first kappa shape index (κ1) is 11.2. The molecule has 2 aliphatic rings. The monoisotopic (exact) mass is 299 g/mol. The molecule has 6 heteroatoms. The Hall–Kier alpha value is -0.880. The number of carbonyl (C=O) groups excluding carboxylic acids is 1. The predicted molar refractivity (Wildman–Crippen MR) is 64.6 cm³/mol. The zero-order chi connectivity index (χ0) is 12.0. The third-order valence-corrected chi connectivity index (χ3v) is 4.09. The molecule has 0 N–H and O–H groups in total. The van der Waals surface area contributed by atoms with E-state index < -0.39 is 0 Å². The molecule has 1 saturated heterocycles. The van der Waals surface area contributed by atoms with Crippen LogP contribution < -0.4 is 0 Å². The lowest BCUT2D eigenvalue weighted by molar-refractivity contribution is -0.129. The van der Waals surface area contributed by atoms with Gasteiger partial charge in [0.1, 0.15) is 4.60 Å². The first-order chi connectivity index (χ1) is 8.16. The van der Waals surface area contributed by atoms with Crippen LogP contribution in [0.15, 0.2) is 4.60 Å². The molecule has 5 nitrogen and oxygen atoms in total. The molecule has 92 valence electrons. The quantitative estimate of drug-likeness (QED) is 0.781. The number of halogens is 1. The Morgan fingerprint density at radius 1 is 1.53 bits per heavy atom. The molecular formula is C11H14BrN3O2. The van der Waals surface area contributed by atoms with Gasteiger partial charge >= 0.3 is 0 Å². The van der Waals surface area contributed by atoms with Gasteiger partial charge in [-0.2, -0.15) is 5.10 Å². The molecule has 1 aromatic heterocycles. The highest BCUT2D eigenvalue weighted by Crippen LogP contribution is 2.30. The van der Waals surface area contributed by atoms with E-state index in [1.54, 1.807) is 6.92 Å². The largest absolute Gasteiger partial charge is 0.377 e. The first-order valence-corrected chi connectivity index (χ1v) is 6.55. The fraction of sp³-hybridized carbons (Fsp3) is 0.636. The van der Waals surface area contributed by atoms with Gasteiger partial charge in [-0.1, -0.05) is 0 Å². The van der Waals surface area contributed by atoms with Crippen LogP contribution in [0.3, 0.4) is 0 Å². The van der Waals surface area contributed by atoms with Gasteiger partial charge in [0.05, 0.1) is 25.8 Å². The molecule has 1 fully saturated rings. The number of carbonyl (C=O) groups is 1. The highest BCUT2D eigenvalue weighted by Gasteiger charge is 2.30. The zero-order valence-electron chi connectivity index (χ0n) is 9.65. The summed E-state index contributed by atoms with van der Waals surface area (Å²) in [6, 6.07) is 0.374. The van der Waals surface area contributed by atoms with Crippen LogP contribution in [0.1, 0.15) is 24.2 Å². The number of fused-ring (bicyclic) bond motifs is 1. The lowest BCUT2D eigenvalue weighted by atomic mass is 10.1. The fourth-order valence-corrected chi connectivity index (χ4v) is 2.87. The standard InChI is InChI=1S/C11H14BrN3O2/c1-7(16)14-3-2-10-9(4-14)11(12)13-15(10)8-5-17-6-8/h8H,2-6H2,1H3. The van der Waals surface area contributed by atoms with Crippen LogP contribution >= 0.6 is 15.9 Å². The maximum absolute atomic E-state index is 11.4. The van der Waals surface area contributed by atoms with Gasteiger partial charge in [-0.05, 0) is 15.9 Å². The topological polar surface area (TPSA) is 47.4 Å². The molecule has 1 aromatic rings. The van der Waals surface area contributed by atoms with Crippen molar-refractivity contribution in [2.24, 2.45) is 0 Å². The lowest BCUT2D eigenvalue weighted by Gasteiger charge is -2.31. The van der Waals surface area contributed by atoms with Gasteiger partial charge in [-0.3, -0.25) is 9.48 Å². The van der Waals surface area contributed by atoms with Gasteiger partial charge < -0.3 is 9.64 Å². The number of rotatable bonds is 1. The Kier molecular flexibility index (Phi) is 2.71. The molecule has 2 aliphatic heterocycles. The molecule has 3 rings (SSSR count). The summed E-state index contributed by atoms with van der Waals surface area (Å²) in [5.74, 6) is 0.127. The molecule has 0 unspecified atom stereocenters. The number of nitrogens with zero attached hydrogens (tertiary/aromatic N) is 3. The van der Waals surface area contributed by atoms with Crippen LogP contribution in [0.5, 0.6) is 0 Å². The van der Waals surface area contributed by atoms with E-state index in [9.17, 15) is 4.79 Å². The summed E-state index contributed by atoms with van der Waals surface area (Å²) in [6.45, 7) is 4.56. The molecule has 0 radical (unpaired) electrons. The molecule has 0 saturated carbocycles. The van der Waals surface area contributed by atoms with Gasteiger partial charge in [-0.25, -0.2) is 0 Å². The van der Waals surface area contributed by atoms with Gasteiger partial charge in [0.15, 0.2) is 0 Å². The third kappa shape index (κ3) is 1.79. The maximum Gasteiger partial charge on any atom is 0.219 e. The maximum atomic E-state index is 11.4. The van der Waals surface area contributed by atoms with Crippen molar-refractivity contribution < 1.29 is 9.53 Å². The Balaban J connectivity index is 1.92. The van der Waals surface area contributed by atoms with Crippen molar-refractivity contribution in [1.82, 2.24) is 14.7 Å². The highest BCUT2D eigenvalue weighted by molar-refractivity contribution is 9.10. The summed E-state index contributed by atoms with van der Waals surface area (Å²) in [6.07, 6.45) is 0.879. The average Bonchev–Trinajstić information content (AvgIpc) is 2.54. The lowest BCUT2D eigenvalue weighted by Crippen LogP contribution is -2.37. The normalized spacial score (nSPS) is 20.0. The predicted octanol–water partition coefficient (Wildman–Crippen LogP) is 1.12. The van der Waals surface area contributed by atoms with Crippen LogP contribution in [0.25, 0.3) is 0 Å². The summed E-state index contributed by atoms with van der Waals surface area (Å²) in [5.41, 5.74) is 2.40. The number of hydrogen-bond acceptors (Lipinski definition) is 3. The summed E-state index contributed by atoms with van der Waals surface area (Å²) in [4.78, 5) is 13.2. The summed E-state index contributed by atoms with van der Waals surface area (Å²) >= 11 is 3.49. The fourth-order valence-electron chi connectivity index (χ4n) is 2.34. The van der Waals surface area contributed by atoms with E-state index >= 15 is 0 Å². The molecular weight excluding hydrogens is 286 g/mol. The number of aromatic nitrogens is 2. The van der Waals surface area contributed by atoms with Crippen LogP contribution in [-0.2, 0) is 22.5 Å². The zero-order valence-corrected chi connectivity index (χ0v) is 11.2. The molecule has 0 aromatic carbocycles. The average molecular weight is 300 g/mol. The van der Waals surface area contributed by atoms with Gasteiger partial charge in [0, 0.05) is 31.1 Å². The third-order valence-electron chi connectivity index (χ3n) is 3.45. The second-order valence-electron chi connectivity index (χ2n) is 4.54. The van der Waals surface area contributed by atoms with Crippen LogP contribution in [0, 0.1) is 0 Å². The Morgan fingerprint density at radius 3 is 2.88 bits per heavy atom. The van der Waals surface area contributed by atoms with Gasteiger partial charge in [0.2, 0.25) is 5.91 Å². The first-order valence-electron chi connectivity index (χ1n) is 5.76. The van der Waals surface area contributed by atoms with Crippen molar-refractivity contribution in [3.63, 3.8) is 0 Å². The highest BCUT2D eigenvalue weighted by atomic mass is 79.9. The molecule has 0 bridgehead atoms. The molecule has 0 aliphatic carbocycles. The van der Waals surface area contributed by atoms with Crippen molar-refractivity contribution >= 4 is 21.8 Å². The van der Waals surface area contributed by atoms with E-state index in [0.717, 1.165) is 36.3 Å². The Morgan fingerprint density at radius 2 is 2.29 bits per heavy atom. The van der Waals surface area contributed by atoms with E-state index in [4.69, 9.17) is 4.74 Å². The van der Waals surface area contributed by atoms with E-state index in [2.05, 4.69) is 25.7 Å². The van der Waals surface area contributed by atoms with Crippen molar-refractivity contribution in [3.05, 3.63) is 15.9 Å². The summed E-state index contributed by atoms with van der Waals surface area (Å²) in [5, 5.41) is 4.52. The second-order valence-corrected chi connectivity index (χ2v) is 5.29. The minimum absolute atomic E-state index is 0.127. The van der Waals surface area contributed by atoms with Crippen molar-refractivity contribution in [3.8, 4) is 0 Å². The van der Waals surface area contributed by atoms with Crippen molar-refractivity contribution in [2.75, 3.05) is 19.8 Å². The van der Waals surface area contributed by atoms with Crippen LogP contribution in [-0.4, -0.2) is 40.3 Å². The van der Waals surface area contributed by atoms with Crippen LogP contribution in [0.2, 0.25) is 0 Å². The van der Waals surface area contributed by atoms with Crippen molar-refractivity contribution in [2.45, 2.75) is 25.9 Å². The minimum atomic E-state index is 0.127. The second kappa shape index (κ2) is 4.10. The number of amides is 1. The summed E-state index contributed by atoms with van der Waals surface area (Å²) in [7, 11) is 0. The minimum Gasteiger partial charge on any atom is -0.377 e.